The molecule has 0 saturated carbocycles. The first-order chi connectivity index (χ1) is 8.20. The van der Waals surface area contributed by atoms with Crippen LogP contribution < -0.4 is 10.1 Å². The van der Waals surface area contributed by atoms with Gasteiger partial charge in [0.25, 0.3) is 0 Å². The van der Waals surface area contributed by atoms with Gasteiger partial charge in [-0.15, -0.1) is 0 Å². The van der Waals surface area contributed by atoms with Gasteiger partial charge in [0.2, 0.25) is 0 Å². The Labute approximate surface area is 102 Å². The normalized spacial score (nSPS) is 11.3. The van der Waals surface area contributed by atoms with E-state index in [1.807, 2.05) is 6.07 Å². The average Bonchev–Trinajstić information content (AvgIpc) is 2.71. The van der Waals surface area contributed by atoms with Gasteiger partial charge in [-0.05, 0) is 37.6 Å². The molecular weight excluding hydrogens is 212 g/mol. The van der Waals surface area contributed by atoms with E-state index in [0.29, 0.717) is 6.04 Å². The molecule has 3 heteroatoms. The molecule has 0 aliphatic heterocycles. The summed E-state index contributed by atoms with van der Waals surface area (Å²) >= 11 is 0. The third kappa shape index (κ3) is 2.80. The minimum atomic E-state index is 0.662. The molecule has 1 aromatic heterocycles. The van der Waals surface area contributed by atoms with Gasteiger partial charge in [-0.1, -0.05) is 0 Å². The lowest BCUT2D eigenvalue weighted by Crippen LogP contribution is -2.88. The summed E-state index contributed by atoms with van der Waals surface area (Å²) in [5.41, 5.74) is 2.56. The van der Waals surface area contributed by atoms with E-state index in [9.17, 15) is 0 Å². The Morgan fingerprint density at radius 1 is 1.35 bits per heavy atom. The van der Waals surface area contributed by atoms with Crippen molar-refractivity contribution in [2.24, 2.45) is 0 Å². The second-order valence-corrected chi connectivity index (χ2v) is 4.74. The molecule has 0 spiro atoms. The predicted molar refractivity (Wildman–Crippen MR) is 70.5 cm³/mol. The maximum absolute atomic E-state index is 5.27. The minimum Gasteiger partial charge on any atom is -0.497 e. The van der Waals surface area contributed by atoms with Crippen LogP contribution >= 0.6 is 0 Å². The number of ether oxygens (including phenoxy) is 1. The summed E-state index contributed by atoms with van der Waals surface area (Å²) in [6.45, 7) is 5.57. The highest BCUT2D eigenvalue weighted by atomic mass is 16.5. The fraction of sp³-hybridized carbons (Fsp3) is 0.429. The van der Waals surface area contributed by atoms with Crippen molar-refractivity contribution in [1.82, 2.24) is 4.98 Å². The van der Waals surface area contributed by atoms with Crippen molar-refractivity contribution >= 4 is 10.9 Å². The van der Waals surface area contributed by atoms with E-state index in [-0.39, 0.29) is 0 Å². The fourth-order valence-corrected chi connectivity index (χ4v) is 2.06. The van der Waals surface area contributed by atoms with E-state index in [1.165, 1.54) is 16.5 Å². The number of hydrogen-bond donors (Lipinski definition) is 2. The third-order valence-corrected chi connectivity index (χ3v) is 3.03. The van der Waals surface area contributed by atoms with Gasteiger partial charge in [-0.2, -0.15) is 0 Å². The zero-order valence-corrected chi connectivity index (χ0v) is 10.8. The van der Waals surface area contributed by atoms with E-state index in [1.54, 1.807) is 7.11 Å². The highest BCUT2D eigenvalue weighted by Crippen LogP contribution is 2.23. The van der Waals surface area contributed by atoms with Crippen LogP contribution in [0.5, 0.6) is 5.75 Å². The molecule has 0 aliphatic rings. The number of quaternary nitrogens is 1. The molecule has 0 bridgehead atoms. The molecule has 17 heavy (non-hydrogen) atoms. The van der Waals surface area contributed by atoms with Crippen LogP contribution in [-0.2, 0) is 6.42 Å². The summed E-state index contributed by atoms with van der Waals surface area (Å²) in [5, 5.41) is 3.64. The number of benzene rings is 1. The average molecular weight is 233 g/mol. The summed E-state index contributed by atoms with van der Waals surface area (Å²) in [6.07, 6.45) is 3.20. The Morgan fingerprint density at radius 2 is 2.18 bits per heavy atom. The van der Waals surface area contributed by atoms with E-state index in [4.69, 9.17) is 4.74 Å². The number of hydrogen-bond acceptors (Lipinski definition) is 1. The quantitative estimate of drug-likeness (QED) is 0.811. The lowest BCUT2D eigenvalue weighted by Gasteiger charge is -2.04. The number of aromatic amines is 1. The molecule has 1 aromatic carbocycles. The molecule has 3 N–H and O–H groups in total. The van der Waals surface area contributed by atoms with Crippen molar-refractivity contribution < 1.29 is 10.1 Å². The van der Waals surface area contributed by atoms with Crippen LogP contribution in [0.3, 0.4) is 0 Å². The molecule has 0 saturated heterocycles. The molecule has 2 rings (SSSR count). The Kier molecular flexibility index (Phi) is 3.69. The summed E-state index contributed by atoms with van der Waals surface area (Å²) in [7, 11) is 1.71. The fourth-order valence-electron chi connectivity index (χ4n) is 2.06. The van der Waals surface area contributed by atoms with Crippen LogP contribution in [0.25, 0.3) is 10.9 Å². The molecular formula is C14H21N2O+. The van der Waals surface area contributed by atoms with Gasteiger partial charge in [0.05, 0.1) is 19.7 Å². The minimum absolute atomic E-state index is 0.662. The first-order valence-electron chi connectivity index (χ1n) is 6.18. The zero-order valence-electron chi connectivity index (χ0n) is 10.8. The smallest absolute Gasteiger partial charge is 0.119 e. The van der Waals surface area contributed by atoms with Gasteiger partial charge >= 0.3 is 0 Å². The number of rotatable bonds is 5. The third-order valence-electron chi connectivity index (χ3n) is 3.03. The monoisotopic (exact) mass is 233 g/mol. The van der Waals surface area contributed by atoms with Gasteiger partial charge in [-0.25, -0.2) is 0 Å². The molecule has 0 unspecified atom stereocenters. The SMILES string of the molecule is COc1ccc2[nH]cc(CC[NH2+]C(C)C)c2c1. The van der Waals surface area contributed by atoms with Crippen molar-refractivity contribution in [3.8, 4) is 5.75 Å². The van der Waals surface area contributed by atoms with Crippen molar-refractivity contribution in [1.29, 1.82) is 0 Å². The van der Waals surface area contributed by atoms with Gasteiger partial charge in [0.15, 0.2) is 0 Å². The molecule has 92 valence electrons. The van der Waals surface area contributed by atoms with Crippen molar-refractivity contribution in [2.45, 2.75) is 26.3 Å². The highest BCUT2D eigenvalue weighted by molar-refractivity contribution is 5.84. The molecule has 0 aliphatic carbocycles. The molecule has 0 amide bonds. The van der Waals surface area contributed by atoms with Crippen LogP contribution in [0, 0.1) is 0 Å². The topological polar surface area (TPSA) is 41.6 Å². The van der Waals surface area contributed by atoms with Gasteiger partial charge < -0.3 is 15.0 Å². The summed E-state index contributed by atoms with van der Waals surface area (Å²) < 4.78 is 5.27. The standard InChI is InChI=1S/C14H20N2O/c1-10(2)15-7-6-11-9-16-14-5-4-12(17-3)8-13(11)14/h4-5,8-10,15-16H,6-7H2,1-3H3/p+1. The van der Waals surface area contributed by atoms with Crippen molar-refractivity contribution in [2.75, 3.05) is 13.7 Å². The second kappa shape index (κ2) is 5.23. The highest BCUT2D eigenvalue weighted by Gasteiger charge is 2.06. The zero-order chi connectivity index (χ0) is 12.3. The van der Waals surface area contributed by atoms with Gasteiger partial charge in [-0.3, -0.25) is 0 Å². The molecule has 1 heterocycles. The number of aromatic nitrogens is 1. The summed E-state index contributed by atoms with van der Waals surface area (Å²) in [4.78, 5) is 3.31. The Balaban J connectivity index is 2.16. The van der Waals surface area contributed by atoms with Gasteiger partial charge in [0, 0.05) is 23.5 Å². The molecule has 0 atom stereocenters. The Hall–Kier alpha value is -1.48. The van der Waals surface area contributed by atoms with Crippen molar-refractivity contribution in [3.05, 3.63) is 30.0 Å². The number of methoxy groups -OCH3 is 1. The van der Waals surface area contributed by atoms with Crippen molar-refractivity contribution in [3.63, 3.8) is 0 Å². The van der Waals surface area contributed by atoms with Crippen LogP contribution in [-0.4, -0.2) is 24.7 Å². The largest absolute Gasteiger partial charge is 0.497 e. The molecule has 3 nitrogen and oxygen atoms in total. The molecule has 0 fully saturated rings. The van der Waals surface area contributed by atoms with E-state index < -0.39 is 0 Å². The first-order valence-corrected chi connectivity index (χ1v) is 6.18. The maximum Gasteiger partial charge on any atom is 0.119 e. The molecule has 2 aromatic rings. The number of H-pyrrole nitrogens is 1. The van der Waals surface area contributed by atoms with Crippen LogP contribution in [0.2, 0.25) is 0 Å². The van der Waals surface area contributed by atoms with Crippen LogP contribution in [0.15, 0.2) is 24.4 Å². The summed E-state index contributed by atoms with van der Waals surface area (Å²) in [6, 6.07) is 6.83. The number of fused-ring (bicyclic) bond motifs is 1. The second-order valence-electron chi connectivity index (χ2n) is 4.74. The lowest BCUT2D eigenvalue weighted by atomic mass is 10.1. The summed E-state index contributed by atoms with van der Waals surface area (Å²) in [5.74, 6) is 0.922. The predicted octanol–water partition coefficient (Wildman–Crippen LogP) is 1.69. The lowest BCUT2D eigenvalue weighted by molar-refractivity contribution is -0.682. The maximum atomic E-state index is 5.27. The number of nitrogens with one attached hydrogen (secondary N) is 1. The van der Waals surface area contributed by atoms with E-state index in [2.05, 4.69) is 42.5 Å². The van der Waals surface area contributed by atoms with Crippen LogP contribution in [0.1, 0.15) is 19.4 Å². The first kappa shape index (κ1) is 12.0. The Bertz CT molecular complexity index is 488. The van der Waals surface area contributed by atoms with Gasteiger partial charge in [0.1, 0.15) is 5.75 Å². The molecule has 0 radical (unpaired) electrons. The Morgan fingerprint density at radius 3 is 2.88 bits per heavy atom. The number of nitrogens with two attached hydrogens (primary N) is 1. The van der Waals surface area contributed by atoms with E-state index >= 15 is 0 Å². The van der Waals surface area contributed by atoms with Crippen LogP contribution in [0.4, 0.5) is 0 Å². The van der Waals surface area contributed by atoms with E-state index in [0.717, 1.165) is 18.7 Å².